The number of fused-ring (bicyclic) bond motifs is 11. The lowest BCUT2D eigenvalue weighted by Gasteiger charge is -2.26. The average Bonchev–Trinajstić information content (AvgIpc) is 3.97. The Labute approximate surface area is 403 Å². The maximum atomic E-state index is 2.42. The van der Waals surface area contributed by atoms with Crippen LogP contribution < -0.4 is 4.90 Å². The number of hydrogen-bond donors (Lipinski definition) is 0. The lowest BCUT2D eigenvalue weighted by molar-refractivity contribution is 1.18. The van der Waals surface area contributed by atoms with Crippen LogP contribution in [-0.2, 0) is 0 Å². The fraction of sp³-hybridized carbons (Fsp3) is 0. The van der Waals surface area contributed by atoms with E-state index in [1.165, 1.54) is 102 Å². The summed E-state index contributed by atoms with van der Waals surface area (Å²) in [7, 11) is 0. The van der Waals surface area contributed by atoms with Gasteiger partial charge < -0.3 is 9.47 Å². The van der Waals surface area contributed by atoms with Gasteiger partial charge in [-0.25, -0.2) is 0 Å². The number of rotatable bonds is 7. The zero-order valence-corrected chi connectivity index (χ0v) is 38.4. The molecule has 0 fully saturated rings. The first kappa shape index (κ1) is 39.4. The molecular formula is C66H42N2S. The molecule has 0 spiro atoms. The van der Waals surface area contributed by atoms with Crippen molar-refractivity contribution >= 4 is 103 Å². The van der Waals surface area contributed by atoms with Crippen LogP contribution in [0, 0.1) is 0 Å². The fourth-order valence-corrected chi connectivity index (χ4v) is 12.1. The first-order chi connectivity index (χ1) is 34.2. The maximum Gasteiger partial charge on any atom is 0.0541 e. The van der Waals surface area contributed by atoms with E-state index in [9.17, 15) is 0 Å². The molecule has 14 rings (SSSR count). The summed E-state index contributed by atoms with van der Waals surface area (Å²) in [5, 5.41) is 12.8. The molecule has 2 aromatic heterocycles. The van der Waals surface area contributed by atoms with Gasteiger partial charge in [0, 0.05) is 53.6 Å². The van der Waals surface area contributed by atoms with E-state index in [1.807, 2.05) is 11.3 Å². The molecule has 0 N–H and O–H groups in total. The molecule has 0 aliphatic carbocycles. The van der Waals surface area contributed by atoms with Crippen LogP contribution in [0.4, 0.5) is 17.1 Å². The lowest BCUT2D eigenvalue weighted by Crippen LogP contribution is -2.10. The summed E-state index contributed by atoms with van der Waals surface area (Å²) in [6.07, 6.45) is 0. The molecule has 2 nitrogen and oxygen atoms in total. The predicted octanol–water partition coefficient (Wildman–Crippen LogP) is 19.1. The van der Waals surface area contributed by atoms with Crippen LogP contribution in [0.1, 0.15) is 0 Å². The van der Waals surface area contributed by atoms with E-state index >= 15 is 0 Å². The number of anilines is 3. The zero-order chi connectivity index (χ0) is 45.4. The highest BCUT2D eigenvalue weighted by atomic mass is 32.1. The van der Waals surface area contributed by atoms with E-state index in [0.29, 0.717) is 0 Å². The van der Waals surface area contributed by atoms with Gasteiger partial charge in [0.15, 0.2) is 0 Å². The van der Waals surface area contributed by atoms with Crippen LogP contribution in [0.3, 0.4) is 0 Å². The van der Waals surface area contributed by atoms with Gasteiger partial charge in [-0.2, -0.15) is 0 Å². The number of benzene rings is 12. The Hall–Kier alpha value is -8.76. The first-order valence-corrected chi connectivity index (χ1v) is 24.5. The Morgan fingerprint density at radius 3 is 1.57 bits per heavy atom. The molecule has 0 unspecified atom stereocenters. The molecule has 0 aliphatic rings. The minimum Gasteiger partial charge on any atom is -0.310 e. The molecule has 0 saturated heterocycles. The van der Waals surface area contributed by atoms with E-state index in [1.54, 1.807) is 0 Å². The molecule has 2 heterocycles. The van der Waals surface area contributed by atoms with Crippen molar-refractivity contribution in [1.82, 2.24) is 4.57 Å². The van der Waals surface area contributed by atoms with Crippen LogP contribution in [0.25, 0.3) is 113 Å². The minimum absolute atomic E-state index is 1.08. The molecular weight excluding hydrogens is 853 g/mol. The number of para-hydroxylation sites is 3. The Balaban J connectivity index is 0.876. The van der Waals surface area contributed by atoms with Gasteiger partial charge in [0.2, 0.25) is 0 Å². The molecule has 12 aromatic carbocycles. The van der Waals surface area contributed by atoms with Crippen LogP contribution in [0.2, 0.25) is 0 Å². The van der Waals surface area contributed by atoms with Crippen LogP contribution in [-0.4, -0.2) is 4.57 Å². The van der Waals surface area contributed by atoms with Gasteiger partial charge in [0.25, 0.3) is 0 Å². The Morgan fingerprint density at radius 1 is 0.290 bits per heavy atom. The van der Waals surface area contributed by atoms with Crippen molar-refractivity contribution in [2.24, 2.45) is 0 Å². The van der Waals surface area contributed by atoms with Gasteiger partial charge >= 0.3 is 0 Å². The van der Waals surface area contributed by atoms with Crippen molar-refractivity contribution in [2.75, 3.05) is 4.90 Å². The number of thiophene rings is 1. The van der Waals surface area contributed by atoms with E-state index in [2.05, 4.69) is 264 Å². The second-order valence-corrected chi connectivity index (χ2v) is 19.1. The van der Waals surface area contributed by atoms with E-state index in [-0.39, 0.29) is 0 Å². The lowest BCUT2D eigenvalue weighted by atomic mass is 9.97. The van der Waals surface area contributed by atoms with Crippen LogP contribution in [0.5, 0.6) is 0 Å². The fourth-order valence-electron chi connectivity index (χ4n) is 10.8. The number of nitrogens with zero attached hydrogens (tertiary/aromatic N) is 2. The second kappa shape index (κ2) is 16.0. The molecule has 322 valence electrons. The largest absolute Gasteiger partial charge is 0.310 e. The van der Waals surface area contributed by atoms with Crippen LogP contribution in [0.15, 0.2) is 255 Å². The molecule has 0 radical (unpaired) electrons. The summed E-state index contributed by atoms with van der Waals surface area (Å²) in [4.78, 5) is 2.40. The van der Waals surface area contributed by atoms with E-state index in [0.717, 1.165) is 28.3 Å². The Morgan fingerprint density at radius 2 is 0.812 bits per heavy atom. The highest BCUT2D eigenvalue weighted by Gasteiger charge is 2.18. The standard InChI is InChI=1S/C66H42N2S/c1-3-16-54-44(12-1)24-25-47-26-27-49(41-61(47)54)48-14-11-15-53(40-48)67(51-34-28-43(29-35-51)50-33-38-59-60-39-32-45-13-2-4-18-56(45)66(60)69-65(59)42-50)52-36-30-46(31-37-52)55-17-5-8-21-62(55)68-63-22-9-6-19-57(63)58-20-7-10-23-64(58)68/h1-42H. The van der Waals surface area contributed by atoms with E-state index < -0.39 is 0 Å². The van der Waals surface area contributed by atoms with Crippen molar-refractivity contribution in [3.05, 3.63) is 255 Å². The van der Waals surface area contributed by atoms with Crippen LogP contribution >= 0.6 is 11.3 Å². The summed E-state index contributed by atoms with van der Waals surface area (Å²) in [6, 6.07) is 93.7. The molecule has 0 amide bonds. The predicted molar refractivity (Wildman–Crippen MR) is 297 cm³/mol. The smallest absolute Gasteiger partial charge is 0.0541 e. The summed E-state index contributed by atoms with van der Waals surface area (Å²) in [5.74, 6) is 0. The monoisotopic (exact) mass is 894 g/mol. The summed E-state index contributed by atoms with van der Waals surface area (Å²) in [5.41, 5.74) is 13.9. The van der Waals surface area contributed by atoms with Crippen molar-refractivity contribution in [3.63, 3.8) is 0 Å². The topological polar surface area (TPSA) is 8.17 Å². The molecule has 0 saturated carbocycles. The van der Waals surface area contributed by atoms with Gasteiger partial charge in [0.1, 0.15) is 0 Å². The third kappa shape index (κ3) is 6.54. The highest BCUT2D eigenvalue weighted by molar-refractivity contribution is 7.26. The molecule has 3 heteroatoms. The third-order valence-corrected chi connectivity index (χ3v) is 15.4. The molecule has 0 atom stereocenters. The van der Waals surface area contributed by atoms with E-state index in [4.69, 9.17) is 0 Å². The van der Waals surface area contributed by atoms with Crippen molar-refractivity contribution in [2.45, 2.75) is 0 Å². The molecule has 0 aliphatic heterocycles. The summed E-state index contributed by atoms with van der Waals surface area (Å²) in [6.45, 7) is 0. The highest BCUT2D eigenvalue weighted by Crippen LogP contribution is 2.43. The number of aromatic nitrogens is 1. The summed E-state index contributed by atoms with van der Waals surface area (Å²) < 4.78 is 5.08. The van der Waals surface area contributed by atoms with Gasteiger partial charge in [-0.05, 0) is 127 Å². The van der Waals surface area contributed by atoms with Crippen molar-refractivity contribution < 1.29 is 0 Å². The van der Waals surface area contributed by atoms with Crippen molar-refractivity contribution in [1.29, 1.82) is 0 Å². The molecule has 0 bridgehead atoms. The molecule has 69 heavy (non-hydrogen) atoms. The first-order valence-electron chi connectivity index (χ1n) is 23.6. The summed E-state index contributed by atoms with van der Waals surface area (Å²) >= 11 is 1.89. The number of hydrogen-bond acceptors (Lipinski definition) is 2. The average molecular weight is 895 g/mol. The quantitative estimate of drug-likeness (QED) is 0.145. The SMILES string of the molecule is c1cc(-c2ccc3ccc4ccccc4c3c2)cc(N(c2ccc(-c3ccc4c(c3)sc3c5ccccc5ccc43)cc2)c2ccc(-c3ccccc3-n3c4ccccc4c4ccccc43)cc2)c1. The second-order valence-electron chi connectivity index (χ2n) is 18.1. The normalized spacial score (nSPS) is 11.8. The Bertz CT molecular complexity index is 4260. The van der Waals surface area contributed by atoms with Gasteiger partial charge in [-0.3, -0.25) is 0 Å². The van der Waals surface area contributed by atoms with Crippen molar-refractivity contribution in [3.8, 4) is 39.1 Å². The zero-order valence-electron chi connectivity index (χ0n) is 37.6. The minimum atomic E-state index is 1.08. The van der Waals surface area contributed by atoms with Gasteiger partial charge in [-0.1, -0.05) is 188 Å². The third-order valence-electron chi connectivity index (χ3n) is 14.2. The molecule has 14 aromatic rings. The maximum absolute atomic E-state index is 2.42. The van der Waals surface area contributed by atoms with Gasteiger partial charge in [-0.15, -0.1) is 11.3 Å². The Kier molecular flexibility index (Phi) is 9.11. The van der Waals surface area contributed by atoms with Gasteiger partial charge in [0.05, 0.1) is 16.7 Å².